The van der Waals surface area contributed by atoms with Crippen molar-refractivity contribution in [3.8, 4) is 0 Å². The van der Waals surface area contributed by atoms with Crippen molar-refractivity contribution >= 4 is 0 Å². The molecular formula is C16H26N2. The van der Waals surface area contributed by atoms with E-state index in [2.05, 4.69) is 36.5 Å². The van der Waals surface area contributed by atoms with Gasteiger partial charge in [0.15, 0.2) is 0 Å². The first-order valence-electron chi connectivity index (χ1n) is 7.27. The quantitative estimate of drug-likeness (QED) is 0.808. The van der Waals surface area contributed by atoms with E-state index in [0.29, 0.717) is 5.41 Å². The Morgan fingerprint density at radius 3 is 2.50 bits per heavy atom. The van der Waals surface area contributed by atoms with Crippen LogP contribution in [-0.2, 0) is 0 Å². The summed E-state index contributed by atoms with van der Waals surface area (Å²) in [5.41, 5.74) is 7.98. The van der Waals surface area contributed by atoms with Gasteiger partial charge in [0.1, 0.15) is 0 Å². The fraction of sp³-hybridized carbons (Fsp3) is 0.625. The van der Waals surface area contributed by atoms with Crippen molar-refractivity contribution in [2.75, 3.05) is 13.1 Å². The zero-order valence-electron chi connectivity index (χ0n) is 11.5. The summed E-state index contributed by atoms with van der Waals surface area (Å²) < 4.78 is 0. The Labute approximate surface area is 111 Å². The average Bonchev–Trinajstić information content (AvgIpc) is 2.89. The Kier molecular flexibility index (Phi) is 4.79. The molecule has 1 aliphatic carbocycles. The summed E-state index contributed by atoms with van der Waals surface area (Å²) in [5, 5.41) is 3.59. The van der Waals surface area contributed by atoms with Crippen LogP contribution >= 0.6 is 0 Å². The summed E-state index contributed by atoms with van der Waals surface area (Å²) in [5.74, 6) is 0. The zero-order valence-corrected chi connectivity index (χ0v) is 11.5. The van der Waals surface area contributed by atoms with Crippen molar-refractivity contribution in [1.29, 1.82) is 0 Å². The minimum absolute atomic E-state index is 0.113. The van der Waals surface area contributed by atoms with Crippen LogP contribution in [0, 0.1) is 5.41 Å². The maximum Gasteiger partial charge on any atom is 0.0421 e. The Morgan fingerprint density at radius 2 is 1.89 bits per heavy atom. The number of nitrogens with one attached hydrogen (secondary N) is 1. The Bertz CT molecular complexity index is 341. The SMILES string of the molecule is CCC1(CNCC(N)c2ccccc2)CCCC1. The summed E-state index contributed by atoms with van der Waals surface area (Å²) in [6.07, 6.45) is 6.87. The molecule has 1 atom stereocenters. The smallest absolute Gasteiger partial charge is 0.0421 e. The van der Waals surface area contributed by atoms with Crippen LogP contribution in [0.25, 0.3) is 0 Å². The van der Waals surface area contributed by atoms with Crippen LogP contribution in [0.5, 0.6) is 0 Å². The van der Waals surface area contributed by atoms with Gasteiger partial charge in [0.05, 0.1) is 0 Å². The molecule has 2 heteroatoms. The molecule has 18 heavy (non-hydrogen) atoms. The van der Waals surface area contributed by atoms with Gasteiger partial charge in [0.2, 0.25) is 0 Å². The van der Waals surface area contributed by atoms with Crippen LogP contribution in [0.2, 0.25) is 0 Å². The van der Waals surface area contributed by atoms with Gasteiger partial charge in [0, 0.05) is 19.1 Å². The molecule has 1 unspecified atom stereocenters. The molecule has 0 radical (unpaired) electrons. The number of nitrogens with two attached hydrogens (primary N) is 1. The van der Waals surface area contributed by atoms with Crippen molar-refractivity contribution in [2.24, 2.45) is 11.1 Å². The monoisotopic (exact) mass is 246 g/mol. The lowest BCUT2D eigenvalue weighted by atomic mass is 9.83. The van der Waals surface area contributed by atoms with Crippen molar-refractivity contribution in [2.45, 2.75) is 45.1 Å². The largest absolute Gasteiger partial charge is 0.323 e. The highest BCUT2D eigenvalue weighted by atomic mass is 14.9. The van der Waals surface area contributed by atoms with E-state index in [1.807, 2.05) is 6.07 Å². The molecule has 0 spiro atoms. The van der Waals surface area contributed by atoms with E-state index in [-0.39, 0.29) is 6.04 Å². The van der Waals surface area contributed by atoms with Crippen molar-refractivity contribution in [3.63, 3.8) is 0 Å². The number of hydrogen-bond donors (Lipinski definition) is 2. The van der Waals surface area contributed by atoms with Crippen molar-refractivity contribution in [1.82, 2.24) is 5.32 Å². The first-order valence-corrected chi connectivity index (χ1v) is 7.27. The van der Waals surface area contributed by atoms with E-state index in [1.54, 1.807) is 0 Å². The highest BCUT2D eigenvalue weighted by molar-refractivity contribution is 5.18. The second kappa shape index (κ2) is 6.35. The van der Waals surface area contributed by atoms with Crippen LogP contribution in [0.3, 0.4) is 0 Å². The molecule has 0 bridgehead atoms. The molecule has 1 aromatic carbocycles. The normalized spacial score (nSPS) is 19.9. The summed E-state index contributed by atoms with van der Waals surface area (Å²) in [7, 11) is 0. The van der Waals surface area contributed by atoms with E-state index in [9.17, 15) is 0 Å². The van der Waals surface area contributed by atoms with Gasteiger partial charge in [0.25, 0.3) is 0 Å². The second-order valence-corrected chi connectivity index (χ2v) is 5.71. The van der Waals surface area contributed by atoms with Crippen LogP contribution in [0.1, 0.15) is 50.6 Å². The van der Waals surface area contributed by atoms with Gasteiger partial charge in [-0.1, -0.05) is 50.1 Å². The molecule has 1 fully saturated rings. The predicted molar refractivity (Wildman–Crippen MR) is 77.4 cm³/mol. The van der Waals surface area contributed by atoms with E-state index in [1.165, 1.54) is 37.7 Å². The molecule has 100 valence electrons. The predicted octanol–water partition coefficient (Wildman–Crippen LogP) is 3.25. The van der Waals surface area contributed by atoms with Crippen LogP contribution in [0.4, 0.5) is 0 Å². The molecule has 3 N–H and O–H groups in total. The lowest BCUT2D eigenvalue weighted by molar-refractivity contribution is 0.267. The second-order valence-electron chi connectivity index (χ2n) is 5.71. The first kappa shape index (κ1) is 13.6. The van der Waals surface area contributed by atoms with Gasteiger partial charge in [-0.05, 0) is 30.2 Å². The van der Waals surface area contributed by atoms with E-state index in [0.717, 1.165) is 13.1 Å². The molecule has 1 aromatic rings. The number of benzene rings is 1. The standard InChI is InChI=1S/C16H26N2/c1-2-16(10-6-7-11-16)13-18-12-15(17)14-8-4-3-5-9-14/h3-5,8-9,15,18H,2,6-7,10-13,17H2,1H3. The Morgan fingerprint density at radius 1 is 1.22 bits per heavy atom. The highest BCUT2D eigenvalue weighted by Gasteiger charge is 2.31. The molecule has 2 nitrogen and oxygen atoms in total. The molecule has 0 aromatic heterocycles. The lowest BCUT2D eigenvalue weighted by Crippen LogP contribution is -2.35. The third-order valence-electron chi connectivity index (χ3n) is 4.51. The Hall–Kier alpha value is -0.860. The van der Waals surface area contributed by atoms with Crippen LogP contribution in [-0.4, -0.2) is 13.1 Å². The molecule has 1 aliphatic rings. The molecule has 0 heterocycles. The van der Waals surface area contributed by atoms with Crippen LogP contribution in [0.15, 0.2) is 30.3 Å². The summed E-state index contributed by atoms with van der Waals surface area (Å²) in [6, 6.07) is 10.5. The van der Waals surface area contributed by atoms with Crippen molar-refractivity contribution < 1.29 is 0 Å². The fourth-order valence-corrected chi connectivity index (χ4v) is 3.09. The fourth-order valence-electron chi connectivity index (χ4n) is 3.09. The molecule has 0 aliphatic heterocycles. The van der Waals surface area contributed by atoms with Gasteiger partial charge < -0.3 is 11.1 Å². The first-order chi connectivity index (χ1) is 8.76. The number of hydrogen-bond acceptors (Lipinski definition) is 2. The maximum absolute atomic E-state index is 6.20. The average molecular weight is 246 g/mol. The molecule has 0 amide bonds. The maximum atomic E-state index is 6.20. The highest BCUT2D eigenvalue weighted by Crippen LogP contribution is 2.40. The molecule has 0 saturated heterocycles. The zero-order chi connectivity index (χ0) is 12.8. The van der Waals surface area contributed by atoms with E-state index < -0.39 is 0 Å². The topological polar surface area (TPSA) is 38.0 Å². The van der Waals surface area contributed by atoms with Gasteiger partial charge in [-0.15, -0.1) is 0 Å². The van der Waals surface area contributed by atoms with E-state index in [4.69, 9.17) is 5.73 Å². The summed E-state index contributed by atoms with van der Waals surface area (Å²) in [4.78, 5) is 0. The minimum atomic E-state index is 0.113. The van der Waals surface area contributed by atoms with Crippen LogP contribution < -0.4 is 11.1 Å². The van der Waals surface area contributed by atoms with Crippen molar-refractivity contribution in [3.05, 3.63) is 35.9 Å². The Balaban J connectivity index is 1.78. The van der Waals surface area contributed by atoms with Gasteiger partial charge in [-0.2, -0.15) is 0 Å². The van der Waals surface area contributed by atoms with E-state index >= 15 is 0 Å². The summed E-state index contributed by atoms with van der Waals surface area (Å²) in [6.45, 7) is 4.33. The third-order valence-corrected chi connectivity index (χ3v) is 4.51. The summed E-state index contributed by atoms with van der Waals surface area (Å²) >= 11 is 0. The molecule has 1 saturated carbocycles. The van der Waals surface area contributed by atoms with Gasteiger partial charge in [-0.3, -0.25) is 0 Å². The van der Waals surface area contributed by atoms with Gasteiger partial charge in [-0.25, -0.2) is 0 Å². The lowest BCUT2D eigenvalue weighted by Gasteiger charge is -2.28. The third kappa shape index (κ3) is 3.33. The van der Waals surface area contributed by atoms with Gasteiger partial charge >= 0.3 is 0 Å². The molecular weight excluding hydrogens is 220 g/mol. The minimum Gasteiger partial charge on any atom is -0.323 e. The number of rotatable bonds is 6. The molecule has 2 rings (SSSR count).